The molecule has 1 aliphatic heterocycles. The number of carbonyl (C=O) groups excluding carboxylic acids is 2. The van der Waals surface area contributed by atoms with Crippen molar-refractivity contribution in [2.75, 3.05) is 17.7 Å². The Balaban J connectivity index is 1.67. The van der Waals surface area contributed by atoms with Crippen molar-refractivity contribution >= 4 is 29.3 Å². The van der Waals surface area contributed by atoms with Gasteiger partial charge in [-0.3, -0.25) is 9.59 Å². The topological polar surface area (TPSA) is 123 Å². The summed E-state index contributed by atoms with van der Waals surface area (Å²) in [6, 6.07) is 12.6. The first-order valence-electron chi connectivity index (χ1n) is 9.13. The highest BCUT2D eigenvalue weighted by Crippen LogP contribution is 2.35. The number of methoxy groups -OCH3 is 1. The molecule has 30 heavy (non-hydrogen) atoms. The quantitative estimate of drug-likeness (QED) is 0.599. The fraction of sp³-hybridized carbons (Fsp3) is 0.143. The Morgan fingerprint density at radius 2 is 2.00 bits per heavy atom. The van der Waals surface area contributed by atoms with Crippen LogP contribution >= 0.6 is 0 Å². The lowest BCUT2D eigenvalue weighted by atomic mass is 10.1. The van der Waals surface area contributed by atoms with Crippen LogP contribution in [-0.4, -0.2) is 39.8 Å². The molecule has 9 heteroatoms. The second-order valence-electron chi connectivity index (χ2n) is 6.70. The van der Waals surface area contributed by atoms with Crippen LogP contribution in [-0.2, 0) is 9.59 Å². The highest BCUT2D eigenvalue weighted by Gasteiger charge is 2.33. The molecule has 2 heterocycles. The van der Waals surface area contributed by atoms with Gasteiger partial charge >= 0.3 is 5.97 Å². The number of rotatable bonds is 5. The molecular formula is C21H18N4O5. The van der Waals surface area contributed by atoms with Crippen LogP contribution < -0.4 is 15.4 Å². The second kappa shape index (κ2) is 7.70. The van der Waals surface area contributed by atoms with Crippen LogP contribution in [0.2, 0.25) is 0 Å². The molecule has 152 valence electrons. The maximum Gasteiger partial charge on any atom is 0.335 e. The molecule has 0 spiro atoms. The first-order chi connectivity index (χ1) is 14.5. The maximum absolute atomic E-state index is 13.0. The summed E-state index contributed by atoms with van der Waals surface area (Å²) in [6.45, 7) is 0. The summed E-state index contributed by atoms with van der Waals surface area (Å²) in [7, 11) is 1.41. The van der Waals surface area contributed by atoms with Crippen molar-refractivity contribution in [2.45, 2.75) is 12.5 Å². The Kier molecular flexibility index (Phi) is 4.93. The molecule has 2 aromatic carbocycles. The summed E-state index contributed by atoms with van der Waals surface area (Å²) in [5.74, 6) is -1.21. The molecule has 0 saturated heterocycles. The van der Waals surface area contributed by atoms with Gasteiger partial charge in [-0.25, -0.2) is 9.48 Å². The van der Waals surface area contributed by atoms with Gasteiger partial charge < -0.3 is 20.5 Å². The summed E-state index contributed by atoms with van der Waals surface area (Å²) in [6.07, 6.45) is 1.50. The summed E-state index contributed by atoms with van der Waals surface area (Å²) in [4.78, 5) is 36.6. The molecule has 1 aromatic heterocycles. The Labute approximate surface area is 171 Å². The van der Waals surface area contributed by atoms with E-state index < -0.39 is 17.9 Å². The van der Waals surface area contributed by atoms with E-state index in [1.165, 1.54) is 30.0 Å². The molecule has 0 radical (unpaired) electrons. The number of aromatic carboxylic acids is 1. The average Bonchev–Trinajstić information content (AvgIpc) is 3.17. The number of amides is 2. The van der Waals surface area contributed by atoms with E-state index in [9.17, 15) is 19.5 Å². The van der Waals surface area contributed by atoms with Crippen molar-refractivity contribution in [3.05, 3.63) is 60.3 Å². The van der Waals surface area contributed by atoms with Crippen LogP contribution in [0, 0.1) is 0 Å². The van der Waals surface area contributed by atoms with Gasteiger partial charge in [0.05, 0.1) is 31.0 Å². The normalized spacial score (nSPS) is 15.1. The van der Waals surface area contributed by atoms with Gasteiger partial charge in [0, 0.05) is 5.56 Å². The lowest BCUT2D eigenvalue weighted by molar-refractivity contribution is -0.125. The maximum atomic E-state index is 13.0. The SMILES string of the molecule is COc1ccc(C(=O)O)cc1NC(=O)C1CC(=O)Nc2c(-c3ccccc3)cnn21. The van der Waals surface area contributed by atoms with E-state index in [2.05, 4.69) is 15.7 Å². The summed E-state index contributed by atoms with van der Waals surface area (Å²) >= 11 is 0. The first-order valence-corrected chi connectivity index (χ1v) is 9.13. The predicted molar refractivity (Wildman–Crippen MR) is 109 cm³/mol. The number of nitrogens with one attached hydrogen (secondary N) is 2. The molecule has 4 rings (SSSR count). The van der Waals surface area contributed by atoms with E-state index in [0.29, 0.717) is 17.1 Å². The van der Waals surface area contributed by atoms with Gasteiger partial charge in [-0.15, -0.1) is 0 Å². The number of carboxylic acids is 1. The average molecular weight is 406 g/mol. The first kappa shape index (κ1) is 19.2. The molecule has 0 saturated carbocycles. The van der Waals surface area contributed by atoms with Gasteiger partial charge in [-0.05, 0) is 23.8 Å². The zero-order chi connectivity index (χ0) is 21.3. The number of benzene rings is 2. The number of fused-ring (bicyclic) bond motifs is 1. The number of ether oxygens (including phenoxy) is 1. The number of aromatic nitrogens is 2. The van der Waals surface area contributed by atoms with Crippen molar-refractivity contribution in [1.29, 1.82) is 0 Å². The number of carbonyl (C=O) groups is 3. The minimum Gasteiger partial charge on any atom is -0.495 e. The third-order valence-corrected chi connectivity index (χ3v) is 4.82. The molecule has 0 aliphatic carbocycles. The van der Waals surface area contributed by atoms with Crippen LogP contribution in [0.1, 0.15) is 22.8 Å². The van der Waals surface area contributed by atoms with Gasteiger partial charge in [0.2, 0.25) is 11.8 Å². The number of hydrogen-bond acceptors (Lipinski definition) is 5. The molecule has 2 amide bonds. The molecule has 1 unspecified atom stereocenters. The Hall–Kier alpha value is -4.14. The molecular weight excluding hydrogens is 388 g/mol. The van der Waals surface area contributed by atoms with Crippen molar-refractivity contribution in [3.8, 4) is 16.9 Å². The molecule has 0 fully saturated rings. The Morgan fingerprint density at radius 3 is 2.70 bits per heavy atom. The number of carboxylic acid groups (broad SMARTS) is 1. The molecule has 1 aliphatic rings. The zero-order valence-corrected chi connectivity index (χ0v) is 16.0. The van der Waals surface area contributed by atoms with Gasteiger partial charge in [-0.2, -0.15) is 5.10 Å². The lowest BCUT2D eigenvalue weighted by Crippen LogP contribution is -2.36. The molecule has 3 aromatic rings. The van der Waals surface area contributed by atoms with Gasteiger partial charge in [0.15, 0.2) is 0 Å². The summed E-state index contributed by atoms with van der Waals surface area (Å²) in [5.41, 5.74) is 1.76. The van der Waals surface area contributed by atoms with Crippen molar-refractivity contribution in [3.63, 3.8) is 0 Å². The number of nitrogens with zero attached hydrogens (tertiary/aromatic N) is 2. The Morgan fingerprint density at radius 1 is 1.23 bits per heavy atom. The molecule has 9 nitrogen and oxygen atoms in total. The minimum absolute atomic E-state index is 0.00127. The van der Waals surface area contributed by atoms with Crippen LogP contribution in [0.15, 0.2) is 54.7 Å². The van der Waals surface area contributed by atoms with E-state index >= 15 is 0 Å². The lowest BCUT2D eigenvalue weighted by Gasteiger charge is -2.25. The van der Waals surface area contributed by atoms with E-state index in [-0.39, 0.29) is 23.6 Å². The monoisotopic (exact) mass is 406 g/mol. The van der Waals surface area contributed by atoms with Crippen LogP contribution in [0.3, 0.4) is 0 Å². The van der Waals surface area contributed by atoms with Crippen LogP contribution in [0.4, 0.5) is 11.5 Å². The van der Waals surface area contributed by atoms with E-state index in [4.69, 9.17) is 4.74 Å². The third-order valence-electron chi connectivity index (χ3n) is 4.82. The second-order valence-corrected chi connectivity index (χ2v) is 6.70. The van der Waals surface area contributed by atoms with Crippen LogP contribution in [0.25, 0.3) is 11.1 Å². The van der Waals surface area contributed by atoms with E-state index in [0.717, 1.165) is 5.56 Å². The number of hydrogen-bond donors (Lipinski definition) is 3. The third kappa shape index (κ3) is 3.48. The minimum atomic E-state index is -1.13. The highest BCUT2D eigenvalue weighted by atomic mass is 16.5. The predicted octanol–water partition coefficient (Wildman–Crippen LogP) is 2.78. The molecule has 3 N–H and O–H groups in total. The van der Waals surface area contributed by atoms with Crippen LogP contribution in [0.5, 0.6) is 5.75 Å². The van der Waals surface area contributed by atoms with Gasteiger partial charge in [-0.1, -0.05) is 30.3 Å². The van der Waals surface area contributed by atoms with Crippen molar-refractivity contribution in [2.24, 2.45) is 0 Å². The van der Waals surface area contributed by atoms with Crippen molar-refractivity contribution < 1.29 is 24.2 Å². The highest BCUT2D eigenvalue weighted by molar-refractivity contribution is 6.04. The summed E-state index contributed by atoms with van der Waals surface area (Å²) in [5, 5.41) is 19.0. The van der Waals surface area contributed by atoms with Crippen molar-refractivity contribution in [1.82, 2.24) is 9.78 Å². The fourth-order valence-corrected chi connectivity index (χ4v) is 3.36. The molecule has 0 bridgehead atoms. The number of anilines is 2. The largest absolute Gasteiger partial charge is 0.495 e. The molecule has 1 atom stereocenters. The smallest absolute Gasteiger partial charge is 0.335 e. The van der Waals surface area contributed by atoms with Gasteiger partial charge in [0.1, 0.15) is 17.6 Å². The van der Waals surface area contributed by atoms with E-state index in [1.54, 1.807) is 6.20 Å². The van der Waals surface area contributed by atoms with Gasteiger partial charge in [0.25, 0.3) is 0 Å². The standard InChI is InChI=1S/C21H18N4O5/c1-30-17-8-7-13(21(28)29)9-15(17)23-20(27)16-10-18(26)24-19-14(11-22-25(16)19)12-5-3-2-4-6-12/h2-9,11,16H,10H2,1H3,(H,23,27)(H,24,26)(H,28,29). The summed E-state index contributed by atoms with van der Waals surface area (Å²) < 4.78 is 6.68. The zero-order valence-electron chi connectivity index (χ0n) is 16.0. The Bertz CT molecular complexity index is 1140. The van der Waals surface area contributed by atoms with E-state index in [1.807, 2.05) is 30.3 Å². The fourth-order valence-electron chi connectivity index (χ4n) is 3.36.